The van der Waals surface area contributed by atoms with Crippen LogP contribution in [0.3, 0.4) is 0 Å². The molecule has 1 N–H and O–H groups in total. The number of ether oxygens (including phenoxy) is 2. The van der Waals surface area contributed by atoms with Crippen molar-refractivity contribution in [3.8, 4) is 11.5 Å². The molecule has 1 heterocycles. The zero-order chi connectivity index (χ0) is 14.7. The number of hydrogen-bond acceptors (Lipinski definition) is 4. The van der Waals surface area contributed by atoms with E-state index in [9.17, 15) is 5.11 Å². The molecule has 5 heteroatoms. The van der Waals surface area contributed by atoms with Crippen LogP contribution in [0.4, 0.5) is 0 Å². The Morgan fingerprint density at radius 1 is 1.25 bits per heavy atom. The summed E-state index contributed by atoms with van der Waals surface area (Å²) in [6.45, 7) is 2.06. The number of thiophene rings is 1. The van der Waals surface area contributed by atoms with Crippen molar-refractivity contribution < 1.29 is 14.6 Å². The number of methoxy groups -OCH3 is 2. The Labute approximate surface area is 127 Å². The van der Waals surface area contributed by atoms with E-state index < -0.39 is 6.10 Å². The molecule has 0 amide bonds. The average molecular weight is 313 g/mol. The smallest absolute Gasteiger partial charge is 0.162 e. The number of rotatable bonds is 5. The van der Waals surface area contributed by atoms with Gasteiger partial charge in [-0.1, -0.05) is 18.5 Å². The predicted octanol–water partition coefficient (Wildman–Crippen LogP) is 4.06. The molecule has 2 rings (SSSR count). The lowest BCUT2D eigenvalue weighted by atomic mass is 10.0. The molecule has 0 bridgehead atoms. The first-order valence-electron chi connectivity index (χ1n) is 6.28. The molecule has 0 saturated carbocycles. The summed E-state index contributed by atoms with van der Waals surface area (Å²) in [5, 5.41) is 13.0. The molecular weight excluding hydrogens is 296 g/mol. The lowest BCUT2D eigenvalue weighted by Crippen LogP contribution is -2.02. The van der Waals surface area contributed by atoms with E-state index >= 15 is 0 Å². The molecule has 0 fully saturated rings. The summed E-state index contributed by atoms with van der Waals surface area (Å²) in [6, 6.07) is 5.42. The van der Waals surface area contributed by atoms with E-state index in [0.29, 0.717) is 22.1 Å². The Morgan fingerprint density at radius 2 is 1.90 bits per heavy atom. The van der Waals surface area contributed by atoms with Crippen LogP contribution in [0.1, 0.15) is 29.0 Å². The maximum absolute atomic E-state index is 10.6. The minimum atomic E-state index is -0.753. The first kappa shape index (κ1) is 15.2. The number of aliphatic hydroxyl groups excluding tert-OH is 1. The molecule has 0 aliphatic rings. The number of aryl methyl sites for hydroxylation is 1. The summed E-state index contributed by atoms with van der Waals surface area (Å²) in [5.74, 6) is 1.11. The molecule has 20 heavy (non-hydrogen) atoms. The van der Waals surface area contributed by atoms with E-state index in [1.54, 1.807) is 26.4 Å². The van der Waals surface area contributed by atoms with Crippen molar-refractivity contribution in [1.82, 2.24) is 0 Å². The monoisotopic (exact) mass is 312 g/mol. The van der Waals surface area contributed by atoms with Crippen molar-refractivity contribution in [3.05, 3.63) is 44.6 Å². The van der Waals surface area contributed by atoms with Crippen molar-refractivity contribution >= 4 is 22.9 Å². The Hall–Kier alpha value is -1.23. The minimum Gasteiger partial charge on any atom is -0.493 e. The van der Waals surface area contributed by atoms with Gasteiger partial charge < -0.3 is 14.6 Å². The quantitative estimate of drug-likeness (QED) is 0.904. The highest BCUT2D eigenvalue weighted by Gasteiger charge is 2.20. The Bertz CT molecular complexity index is 595. The lowest BCUT2D eigenvalue weighted by Gasteiger charge is -2.16. The normalized spacial score (nSPS) is 12.2. The van der Waals surface area contributed by atoms with E-state index in [0.717, 1.165) is 16.9 Å². The van der Waals surface area contributed by atoms with Crippen molar-refractivity contribution in [2.75, 3.05) is 14.2 Å². The average Bonchev–Trinajstić information content (AvgIpc) is 2.94. The van der Waals surface area contributed by atoms with E-state index in [4.69, 9.17) is 21.1 Å². The van der Waals surface area contributed by atoms with Crippen molar-refractivity contribution in [2.45, 2.75) is 19.4 Å². The largest absolute Gasteiger partial charge is 0.493 e. The van der Waals surface area contributed by atoms with Crippen LogP contribution in [0.25, 0.3) is 0 Å². The summed E-state index contributed by atoms with van der Waals surface area (Å²) in [5.41, 5.74) is 1.76. The standard InChI is InChI=1S/C15H17ClO3S/c1-4-9-5-6-20-15(9)14(17)10-7-12(18-2)13(19-3)8-11(10)16/h5-8,14,17H,4H2,1-3H3. The molecule has 0 aliphatic heterocycles. The molecule has 1 aromatic heterocycles. The number of aliphatic hydroxyl groups is 1. The van der Waals surface area contributed by atoms with Crippen LogP contribution < -0.4 is 9.47 Å². The van der Waals surface area contributed by atoms with Gasteiger partial charge in [-0.05, 0) is 29.5 Å². The van der Waals surface area contributed by atoms with E-state index in [-0.39, 0.29) is 0 Å². The van der Waals surface area contributed by atoms with Crippen molar-refractivity contribution in [3.63, 3.8) is 0 Å². The number of halogens is 1. The zero-order valence-electron chi connectivity index (χ0n) is 11.6. The summed E-state index contributed by atoms with van der Waals surface area (Å²) >= 11 is 7.78. The molecule has 1 aromatic carbocycles. The predicted molar refractivity (Wildman–Crippen MR) is 82.3 cm³/mol. The van der Waals surface area contributed by atoms with Gasteiger partial charge in [0.25, 0.3) is 0 Å². The maximum atomic E-state index is 10.6. The fourth-order valence-corrected chi connectivity index (χ4v) is 3.36. The van der Waals surface area contributed by atoms with Crippen LogP contribution in [-0.2, 0) is 6.42 Å². The minimum absolute atomic E-state index is 0.464. The van der Waals surface area contributed by atoms with Crippen LogP contribution in [0, 0.1) is 0 Å². The SMILES string of the molecule is CCc1ccsc1C(O)c1cc(OC)c(OC)cc1Cl. The third-order valence-corrected chi connectivity index (χ3v) is 4.55. The molecule has 0 aliphatic carbocycles. The first-order valence-corrected chi connectivity index (χ1v) is 7.53. The highest BCUT2D eigenvalue weighted by molar-refractivity contribution is 7.10. The van der Waals surface area contributed by atoms with Gasteiger partial charge in [-0.2, -0.15) is 0 Å². The van der Waals surface area contributed by atoms with Gasteiger partial charge >= 0.3 is 0 Å². The Morgan fingerprint density at radius 3 is 2.50 bits per heavy atom. The number of hydrogen-bond donors (Lipinski definition) is 1. The van der Waals surface area contributed by atoms with Gasteiger partial charge in [0.05, 0.1) is 19.2 Å². The molecular formula is C15H17ClO3S. The second-order valence-corrected chi connectivity index (χ2v) is 5.65. The van der Waals surface area contributed by atoms with Crippen molar-refractivity contribution in [1.29, 1.82) is 0 Å². The van der Waals surface area contributed by atoms with Crippen LogP contribution in [0.15, 0.2) is 23.6 Å². The third-order valence-electron chi connectivity index (χ3n) is 3.21. The Balaban J connectivity index is 2.46. The highest BCUT2D eigenvalue weighted by Crippen LogP contribution is 2.39. The molecule has 0 radical (unpaired) electrons. The summed E-state index contributed by atoms with van der Waals surface area (Å²) in [7, 11) is 3.11. The van der Waals surface area contributed by atoms with Gasteiger partial charge in [-0.15, -0.1) is 11.3 Å². The molecule has 2 aromatic rings. The molecule has 0 saturated heterocycles. The van der Waals surface area contributed by atoms with Crippen LogP contribution in [-0.4, -0.2) is 19.3 Å². The number of benzene rings is 1. The molecule has 1 unspecified atom stereocenters. The van der Waals surface area contributed by atoms with Crippen LogP contribution >= 0.6 is 22.9 Å². The Kier molecular flexibility index (Phi) is 4.91. The first-order chi connectivity index (χ1) is 9.62. The zero-order valence-corrected chi connectivity index (χ0v) is 13.2. The third kappa shape index (κ3) is 2.77. The van der Waals surface area contributed by atoms with Gasteiger partial charge in [0.15, 0.2) is 11.5 Å². The van der Waals surface area contributed by atoms with Gasteiger partial charge in [0.2, 0.25) is 0 Å². The fourth-order valence-electron chi connectivity index (χ4n) is 2.10. The fraction of sp³-hybridized carbons (Fsp3) is 0.333. The van der Waals surface area contributed by atoms with E-state index in [1.807, 2.05) is 11.4 Å². The summed E-state index contributed by atoms with van der Waals surface area (Å²) < 4.78 is 10.5. The molecule has 0 spiro atoms. The molecule has 108 valence electrons. The topological polar surface area (TPSA) is 38.7 Å². The summed E-state index contributed by atoms with van der Waals surface area (Å²) in [6.07, 6.45) is 0.123. The van der Waals surface area contributed by atoms with E-state index in [2.05, 4.69) is 6.92 Å². The second kappa shape index (κ2) is 6.48. The van der Waals surface area contributed by atoms with Gasteiger partial charge in [0, 0.05) is 16.5 Å². The van der Waals surface area contributed by atoms with Crippen molar-refractivity contribution in [2.24, 2.45) is 0 Å². The van der Waals surface area contributed by atoms with Gasteiger partial charge in [0.1, 0.15) is 6.10 Å². The van der Waals surface area contributed by atoms with E-state index in [1.165, 1.54) is 11.3 Å². The van der Waals surface area contributed by atoms with Crippen LogP contribution in [0.2, 0.25) is 5.02 Å². The lowest BCUT2D eigenvalue weighted by molar-refractivity contribution is 0.222. The summed E-state index contributed by atoms with van der Waals surface area (Å²) in [4.78, 5) is 0.918. The highest BCUT2D eigenvalue weighted by atomic mass is 35.5. The van der Waals surface area contributed by atoms with Gasteiger partial charge in [-0.25, -0.2) is 0 Å². The van der Waals surface area contributed by atoms with Gasteiger partial charge in [-0.3, -0.25) is 0 Å². The molecule has 3 nitrogen and oxygen atoms in total. The molecule has 1 atom stereocenters. The maximum Gasteiger partial charge on any atom is 0.162 e. The van der Waals surface area contributed by atoms with Crippen LogP contribution in [0.5, 0.6) is 11.5 Å². The second-order valence-electron chi connectivity index (χ2n) is 4.29.